The molecule has 0 aromatic carbocycles. The number of nitro groups is 1. The Morgan fingerprint density at radius 2 is 2.27 bits per heavy atom. The molecule has 0 N–H and O–H groups in total. The van der Waals surface area contributed by atoms with Crippen molar-refractivity contribution in [2.24, 2.45) is 0 Å². The molecule has 0 aliphatic heterocycles. The quantitative estimate of drug-likeness (QED) is 0.337. The summed E-state index contributed by atoms with van der Waals surface area (Å²) < 4.78 is 12.9. The van der Waals surface area contributed by atoms with Crippen LogP contribution in [0.4, 0.5) is 10.1 Å². The smallest absolute Gasteiger partial charge is 0.258 e. The van der Waals surface area contributed by atoms with E-state index < -0.39 is 16.6 Å². The van der Waals surface area contributed by atoms with Gasteiger partial charge in [0, 0.05) is 6.07 Å². The molecule has 11 heavy (non-hydrogen) atoms. The van der Waals surface area contributed by atoms with Gasteiger partial charge in [-0.25, -0.2) is 4.98 Å². The Bertz CT molecular complexity index is 305. The van der Waals surface area contributed by atoms with E-state index in [1.54, 1.807) is 22.6 Å². The van der Waals surface area contributed by atoms with Crippen molar-refractivity contribution in [1.29, 1.82) is 0 Å². The zero-order valence-corrected chi connectivity index (χ0v) is 7.28. The summed E-state index contributed by atoms with van der Waals surface area (Å²) in [6.45, 7) is 0. The van der Waals surface area contributed by atoms with Crippen molar-refractivity contribution >= 4 is 28.3 Å². The standard InChI is InChI=1S/C5H2FIN2O2/c6-5-3(9(10)11)1-2-4(7)8-5/h1-2H. The van der Waals surface area contributed by atoms with E-state index in [1.165, 1.54) is 6.07 Å². The zero-order valence-electron chi connectivity index (χ0n) is 5.12. The Morgan fingerprint density at radius 3 is 2.73 bits per heavy atom. The van der Waals surface area contributed by atoms with Gasteiger partial charge in [-0.15, -0.1) is 0 Å². The van der Waals surface area contributed by atoms with E-state index in [9.17, 15) is 14.5 Å². The highest BCUT2D eigenvalue weighted by molar-refractivity contribution is 14.1. The third-order valence-corrected chi connectivity index (χ3v) is 1.59. The molecule has 1 heterocycles. The van der Waals surface area contributed by atoms with Crippen molar-refractivity contribution in [2.45, 2.75) is 0 Å². The molecule has 0 bridgehead atoms. The van der Waals surface area contributed by atoms with Crippen LogP contribution in [0.2, 0.25) is 0 Å². The first-order chi connectivity index (χ1) is 5.11. The number of halogens is 2. The third kappa shape index (κ3) is 1.82. The molecule has 0 radical (unpaired) electrons. The minimum absolute atomic E-state index is 0.394. The molecule has 0 aliphatic rings. The van der Waals surface area contributed by atoms with E-state index in [1.807, 2.05) is 0 Å². The van der Waals surface area contributed by atoms with Crippen molar-refractivity contribution in [1.82, 2.24) is 4.98 Å². The van der Waals surface area contributed by atoms with Gasteiger partial charge in [0.2, 0.25) is 0 Å². The molecule has 1 rings (SSSR count). The largest absolute Gasteiger partial charge is 0.324 e. The van der Waals surface area contributed by atoms with Gasteiger partial charge in [-0.1, -0.05) is 0 Å². The summed E-state index contributed by atoms with van der Waals surface area (Å²) in [7, 11) is 0. The Kier molecular flexibility index (Phi) is 2.32. The zero-order chi connectivity index (χ0) is 8.43. The monoisotopic (exact) mass is 268 g/mol. The first-order valence-electron chi connectivity index (χ1n) is 2.57. The van der Waals surface area contributed by atoms with Crippen molar-refractivity contribution < 1.29 is 9.31 Å². The molecule has 4 nitrogen and oxygen atoms in total. The van der Waals surface area contributed by atoms with Crippen molar-refractivity contribution in [3.05, 3.63) is 31.9 Å². The van der Waals surface area contributed by atoms with Crippen molar-refractivity contribution in [3.8, 4) is 0 Å². The second-order valence-corrected chi connectivity index (χ2v) is 2.81. The van der Waals surface area contributed by atoms with E-state index in [-0.39, 0.29) is 0 Å². The highest BCUT2D eigenvalue weighted by atomic mass is 127. The Labute approximate surface area is 74.7 Å². The number of hydrogen-bond acceptors (Lipinski definition) is 3. The van der Waals surface area contributed by atoms with E-state index in [0.717, 1.165) is 6.07 Å². The van der Waals surface area contributed by atoms with Crippen LogP contribution in [-0.2, 0) is 0 Å². The molecular weight excluding hydrogens is 266 g/mol. The maximum absolute atomic E-state index is 12.5. The molecule has 0 spiro atoms. The van der Waals surface area contributed by atoms with Crippen LogP contribution in [0.1, 0.15) is 0 Å². The van der Waals surface area contributed by atoms with Gasteiger partial charge < -0.3 is 0 Å². The minimum atomic E-state index is -1.04. The summed E-state index contributed by atoms with van der Waals surface area (Å²) in [5, 5.41) is 10.1. The van der Waals surface area contributed by atoms with Crippen LogP contribution >= 0.6 is 22.6 Å². The van der Waals surface area contributed by atoms with Crippen LogP contribution in [0, 0.1) is 19.8 Å². The van der Waals surface area contributed by atoms with Gasteiger partial charge in [0.25, 0.3) is 5.95 Å². The van der Waals surface area contributed by atoms with E-state index in [4.69, 9.17) is 0 Å². The molecule has 0 atom stereocenters. The normalized spacial score (nSPS) is 9.64. The van der Waals surface area contributed by atoms with Gasteiger partial charge in [-0.2, -0.15) is 4.39 Å². The fourth-order valence-corrected chi connectivity index (χ4v) is 0.933. The van der Waals surface area contributed by atoms with Crippen molar-refractivity contribution in [3.63, 3.8) is 0 Å². The predicted octanol–water partition coefficient (Wildman–Crippen LogP) is 1.73. The van der Waals surface area contributed by atoms with Gasteiger partial charge in [0.15, 0.2) is 0 Å². The number of pyridine rings is 1. The number of rotatable bonds is 1. The van der Waals surface area contributed by atoms with Gasteiger partial charge in [0.05, 0.1) is 4.92 Å². The van der Waals surface area contributed by atoms with Gasteiger partial charge in [-0.3, -0.25) is 10.1 Å². The predicted molar refractivity (Wildman–Crippen MR) is 43.6 cm³/mol. The lowest BCUT2D eigenvalue weighted by atomic mass is 10.4. The first kappa shape index (κ1) is 8.31. The lowest BCUT2D eigenvalue weighted by molar-refractivity contribution is -0.388. The average molecular weight is 268 g/mol. The van der Waals surface area contributed by atoms with Gasteiger partial charge >= 0.3 is 5.69 Å². The third-order valence-electron chi connectivity index (χ3n) is 0.992. The molecule has 1 aromatic rings. The van der Waals surface area contributed by atoms with Crippen LogP contribution in [-0.4, -0.2) is 9.91 Å². The molecule has 0 aliphatic carbocycles. The molecule has 1 aromatic heterocycles. The fraction of sp³-hybridized carbons (Fsp3) is 0. The topological polar surface area (TPSA) is 56.0 Å². The second kappa shape index (κ2) is 3.07. The highest BCUT2D eigenvalue weighted by Crippen LogP contribution is 2.15. The summed E-state index contributed by atoms with van der Waals surface area (Å²) in [6, 6.07) is 2.46. The molecular formula is C5H2FIN2O2. The number of nitrogens with zero attached hydrogens (tertiary/aromatic N) is 2. The maximum Gasteiger partial charge on any atom is 0.324 e. The van der Waals surface area contributed by atoms with Gasteiger partial charge in [-0.05, 0) is 28.7 Å². The van der Waals surface area contributed by atoms with E-state index in [0.29, 0.717) is 3.70 Å². The number of hydrogen-bond donors (Lipinski definition) is 0. The minimum Gasteiger partial charge on any atom is -0.258 e. The van der Waals surface area contributed by atoms with Crippen LogP contribution in [0.5, 0.6) is 0 Å². The second-order valence-electron chi connectivity index (χ2n) is 1.70. The van der Waals surface area contributed by atoms with Crippen LogP contribution < -0.4 is 0 Å². The van der Waals surface area contributed by atoms with Gasteiger partial charge in [0.1, 0.15) is 3.70 Å². The SMILES string of the molecule is O=[N+]([O-])c1ccc(I)nc1F. The van der Waals surface area contributed by atoms with Crippen LogP contribution in [0.25, 0.3) is 0 Å². The lowest BCUT2D eigenvalue weighted by Gasteiger charge is -1.91. The maximum atomic E-state index is 12.5. The molecule has 58 valence electrons. The molecule has 6 heteroatoms. The Morgan fingerprint density at radius 1 is 1.64 bits per heavy atom. The van der Waals surface area contributed by atoms with E-state index in [2.05, 4.69) is 4.98 Å². The molecule has 0 fully saturated rings. The first-order valence-corrected chi connectivity index (χ1v) is 3.65. The summed E-state index contributed by atoms with van der Waals surface area (Å²) in [4.78, 5) is 12.5. The Hall–Kier alpha value is -0.790. The molecule has 0 saturated carbocycles. The Balaban J connectivity index is 3.20. The number of aromatic nitrogens is 1. The lowest BCUT2D eigenvalue weighted by Crippen LogP contribution is -1.95. The summed E-state index contributed by atoms with van der Waals surface area (Å²) in [5.41, 5.74) is -0.592. The summed E-state index contributed by atoms with van der Waals surface area (Å²) in [5.74, 6) is -1.04. The molecule has 0 amide bonds. The van der Waals surface area contributed by atoms with Crippen LogP contribution in [0.15, 0.2) is 12.1 Å². The summed E-state index contributed by atoms with van der Waals surface area (Å²) >= 11 is 1.77. The molecule has 0 saturated heterocycles. The molecule has 0 unspecified atom stereocenters. The van der Waals surface area contributed by atoms with Crippen molar-refractivity contribution in [2.75, 3.05) is 0 Å². The van der Waals surface area contributed by atoms with Crippen LogP contribution in [0.3, 0.4) is 0 Å². The highest BCUT2D eigenvalue weighted by Gasteiger charge is 2.14. The van der Waals surface area contributed by atoms with E-state index >= 15 is 0 Å². The average Bonchev–Trinajstić information content (AvgIpc) is 1.85. The fourth-order valence-electron chi connectivity index (χ4n) is 0.541. The summed E-state index contributed by atoms with van der Waals surface area (Å²) in [6.07, 6.45) is 0.